The summed E-state index contributed by atoms with van der Waals surface area (Å²) in [4.78, 5) is 12.0. The Morgan fingerprint density at radius 2 is 2.09 bits per heavy atom. The number of aromatic hydroxyl groups is 1. The maximum atomic E-state index is 12.0. The lowest BCUT2D eigenvalue weighted by molar-refractivity contribution is -0.121. The lowest BCUT2D eigenvalue weighted by Crippen LogP contribution is -2.39. The summed E-state index contributed by atoms with van der Waals surface area (Å²) in [6, 6.07) is 7.87. The second-order valence-corrected chi connectivity index (χ2v) is 5.82. The number of aryl methyl sites for hydroxylation is 1. The summed E-state index contributed by atoms with van der Waals surface area (Å²) >= 11 is 5.96. The van der Waals surface area contributed by atoms with Gasteiger partial charge in [-0.3, -0.25) is 4.79 Å². The molecule has 0 fully saturated rings. The third kappa shape index (κ3) is 4.02. The summed E-state index contributed by atoms with van der Waals surface area (Å²) in [6.45, 7) is 3.37. The molecule has 1 unspecified atom stereocenters. The summed E-state index contributed by atoms with van der Waals surface area (Å²) in [5.74, 6) is 0.854. The summed E-state index contributed by atoms with van der Waals surface area (Å²) in [5, 5.41) is 22.6. The molecule has 2 aromatic rings. The lowest BCUT2D eigenvalue weighted by Gasteiger charge is -2.21. The maximum Gasteiger partial charge on any atom is 0.224 e. The normalized spacial score (nSPS) is 13.6. The van der Waals surface area contributed by atoms with Crippen molar-refractivity contribution in [2.24, 2.45) is 0 Å². The molecule has 1 aromatic carbocycles. The van der Waals surface area contributed by atoms with Gasteiger partial charge in [0.05, 0.1) is 13.0 Å². The first-order valence-electron chi connectivity index (χ1n) is 6.81. The molecule has 0 saturated heterocycles. The highest BCUT2D eigenvalue weighted by atomic mass is 35.5. The van der Waals surface area contributed by atoms with Gasteiger partial charge in [0.15, 0.2) is 0 Å². The van der Waals surface area contributed by atoms with Crippen LogP contribution in [0.25, 0.3) is 0 Å². The van der Waals surface area contributed by atoms with Crippen LogP contribution in [-0.2, 0) is 16.8 Å². The fourth-order valence-electron chi connectivity index (χ4n) is 2.00. The number of benzene rings is 1. The van der Waals surface area contributed by atoms with Crippen LogP contribution in [0.1, 0.15) is 24.0 Å². The number of carbonyl (C=O) groups excluding carboxylic acids is 1. The first-order chi connectivity index (χ1) is 10.3. The van der Waals surface area contributed by atoms with Gasteiger partial charge in [0.2, 0.25) is 5.91 Å². The SMILES string of the molecule is Cc1ccc(C(C)(O)CNC(=O)Cc2ccc(O)cc2Cl)o1. The van der Waals surface area contributed by atoms with Crippen LogP contribution in [0.4, 0.5) is 0 Å². The van der Waals surface area contributed by atoms with Gasteiger partial charge in [-0.15, -0.1) is 0 Å². The number of nitrogens with one attached hydrogen (secondary N) is 1. The van der Waals surface area contributed by atoms with E-state index >= 15 is 0 Å². The van der Waals surface area contributed by atoms with Gasteiger partial charge in [-0.25, -0.2) is 0 Å². The van der Waals surface area contributed by atoms with Crippen molar-refractivity contribution < 1.29 is 19.4 Å². The number of halogens is 1. The van der Waals surface area contributed by atoms with Crippen molar-refractivity contribution in [1.82, 2.24) is 5.32 Å². The van der Waals surface area contributed by atoms with E-state index in [0.29, 0.717) is 22.1 Å². The fourth-order valence-corrected chi connectivity index (χ4v) is 2.24. The van der Waals surface area contributed by atoms with Crippen molar-refractivity contribution in [3.8, 4) is 5.75 Å². The molecule has 6 heteroatoms. The topological polar surface area (TPSA) is 82.7 Å². The molecule has 3 N–H and O–H groups in total. The number of rotatable bonds is 5. The van der Waals surface area contributed by atoms with Crippen molar-refractivity contribution in [2.75, 3.05) is 6.54 Å². The van der Waals surface area contributed by atoms with Gasteiger partial charge in [-0.1, -0.05) is 17.7 Å². The van der Waals surface area contributed by atoms with E-state index in [0.717, 1.165) is 0 Å². The van der Waals surface area contributed by atoms with Crippen molar-refractivity contribution >= 4 is 17.5 Å². The third-order valence-electron chi connectivity index (χ3n) is 3.29. The zero-order valence-electron chi connectivity index (χ0n) is 12.4. The van der Waals surface area contributed by atoms with E-state index in [1.54, 1.807) is 32.0 Å². The predicted octanol–water partition coefficient (Wildman–Crippen LogP) is 2.51. The van der Waals surface area contributed by atoms with Crippen molar-refractivity contribution in [3.05, 3.63) is 52.4 Å². The number of furan rings is 1. The highest BCUT2D eigenvalue weighted by molar-refractivity contribution is 6.31. The molecule has 0 aliphatic heterocycles. The van der Waals surface area contributed by atoms with E-state index < -0.39 is 5.60 Å². The Kier molecular flexibility index (Phi) is 4.78. The molecule has 0 radical (unpaired) electrons. The Labute approximate surface area is 133 Å². The highest BCUT2D eigenvalue weighted by Gasteiger charge is 2.27. The fraction of sp³-hybridized carbons (Fsp3) is 0.312. The van der Waals surface area contributed by atoms with Gasteiger partial charge < -0.3 is 19.9 Å². The molecule has 1 aromatic heterocycles. The van der Waals surface area contributed by atoms with Crippen LogP contribution < -0.4 is 5.32 Å². The number of hydrogen-bond donors (Lipinski definition) is 3. The Morgan fingerprint density at radius 3 is 2.68 bits per heavy atom. The minimum Gasteiger partial charge on any atom is -0.508 e. The first kappa shape index (κ1) is 16.4. The molecule has 1 atom stereocenters. The molecular formula is C16H18ClNO4. The van der Waals surface area contributed by atoms with Gasteiger partial charge in [0.1, 0.15) is 22.9 Å². The molecule has 22 heavy (non-hydrogen) atoms. The quantitative estimate of drug-likeness (QED) is 0.789. The second-order valence-electron chi connectivity index (χ2n) is 5.41. The molecular weight excluding hydrogens is 306 g/mol. The van der Waals surface area contributed by atoms with Gasteiger partial charge in [0.25, 0.3) is 0 Å². The summed E-state index contributed by atoms with van der Waals surface area (Å²) in [6.07, 6.45) is 0.0619. The predicted molar refractivity (Wildman–Crippen MR) is 82.8 cm³/mol. The average molecular weight is 324 g/mol. The summed E-state index contributed by atoms with van der Waals surface area (Å²) < 4.78 is 5.38. The number of aliphatic hydroxyl groups is 1. The summed E-state index contributed by atoms with van der Waals surface area (Å²) in [5.41, 5.74) is -0.687. The minimum absolute atomic E-state index is 0.0223. The molecule has 0 saturated carbocycles. The molecule has 118 valence electrons. The van der Waals surface area contributed by atoms with Crippen molar-refractivity contribution in [1.29, 1.82) is 0 Å². The zero-order chi connectivity index (χ0) is 16.3. The first-order valence-corrected chi connectivity index (χ1v) is 7.19. The van der Waals surface area contributed by atoms with E-state index in [2.05, 4.69) is 5.32 Å². The van der Waals surface area contributed by atoms with E-state index in [4.69, 9.17) is 16.0 Å². The van der Waals surface area contributed by atoms with Crippen molar-refractivity contribution in [2.45, 2.75) is 25.9 Å². The van der Waals surface area contributed by atoms with Gasteiger partial charge >= 0.3 is 0 Å². The van der Waals surface area contributed by atoms with Crippen LogP contribution in [0.3, 0.4) is 0 Å². The monoisotopic (exact) mass is 323 g/mol. The largest absolute Gasteiger partial charge is 0.508 e. The van der Waals surface area contributed by atoms with Crippen LogP contribution >= 0.6 is 11.6 Å². The van der Waals surface area contributed by atoms with Crippen LogP contribution in [0, 0.1) is 6.92 Å². The number of amides is 1. The smallest absolute Gasteiger partial charge is 0.224 e. The Morgan fingerprint density at radius 1 is 1.36 bits per heavy atom. The number of hydrogen-bond acceptors (Lipinski definition) is 4. The molecule has 0 aliphatic rings. The summed E-state index contributed by atoms with van der Waals surface area (Å²) in [7, 11) is 0. The Balaban J connectivity index is 1.95. The highest BCUT2D eigenvalue weighted by Crippen LogP contribution is 2.23. The molecule has 0 spiro atoms. The second kappa shape index (κ2) is 6.42. The number of phenolic OH excluding ortho intramolecular Hbond substituents is 1. The zero-order valence-corrected chi connectivity index (χ0v) is 13.1. The van der Waals surface area contributed by atoms with Gasteiger partial charge in [-0.05, 0) is 43.7 Å². The van der Waals surface area contributed by atoms with Crippen LogP contribution in [0.15, 0.2) is 34.7 Å². The molecule has 0 aliphatic carbocycles. The Bertz CT molecular complexity index is 679. The number of carbonyl (C=O) groups is 1. The van der Waals surface area contributed by atoms with Gasteiger partial charge in [0, 0.05) is 5.02 Å². The standard InChI is InChI=1S/C16H18ClNO4/c1-10-3-6-14(22-10)16(2,21)9-18-15(20)7-11-4-5-12(19)8-13(11)17/h3-6,8,19,21H,7,9H2,1-2H3,(H,18,20). The molecule has 2 rings (SSSR count). The maximum absolute atomic E-state index is 12.0. The third-order valence-corrected chi connectivity index (χ3v) is 3.64. The van der Waals surface area contributed by atoms with E-state index in [9.17, 15) is 15.0 Å². The molecule has 5 nitrogen and oxygen atoms in total. The molecule has 1 amide bonds. The van der Waals surface area contributed by atoms with Crippen molar-refractivity contribution in [3.63, 3.8) is 0 Å². The van der Waals surface area contributed by atoms with E-state index in [-0.39, 0.29) is 24.6 Å². The number of phenols is 1. The minimum atomic E-state index is -1.29. The van der Waals surface area contributed by atoms with Crippen LogP contribution in [0.5, 0.6) is 5.75 Å². The Hall–Kier alpha value is -1.98. The molecule has 1 heterocycles. The van der Waals surface area contributed by atoms with E-state index in [1.807, 2.05) is 0 Å². The lowest BCUT2D eigenvalue weighted by atomic mass is 10.0. The van der Waals surface area contributed by atoms with Crippen LogP contribution in [-0.4, -0.2) is 22.7 Å². The van der Waals surface area contributed by atoms with Gasteiger partial charge in [-0.2, -0.15) is 0 Å². The van der Waals surface area contributed by atoms with Crippen LogP contribution in [0.2, 0.25) is 5.02 Å². The average Bonchev–Trinajstić information content (AvgIpc) is 2.87. The molecule has 0 bridgehead atoms. The van der Waals surface area contributed by atoms with E-state index in [1.165, 1.54) is 12.1 Å².